The van der Waals surface area contributed by atoms with E-state index in [9.17, 15) is 8.42 Å². The summed E-state index contributed by atoms with van der Waals surface area (Å²) in [7, 11) is -1.94. The zero-order chi connectivity index (χ0) is 15.3. The number of pyridine rings is 1. The summed E-state index contributed by atoms with van der Waals surface area (Å²) in [6.45, 7) is 1.97. The van der Waals surface area contributed by atoms with E-state index in [2.05, 4.69) is 4.98 Å². The van der Waals surface area contributed by atoms with Crippen molar-refractivity contribution < 1.29 is 8.42 Å². The third-order valence-electron chi connectivity index (χ3n) is 3.01. The number of rotatable bonds is 7. The van der Waals surface area contributed by atoms with Crippen molar-refractivity contribution in [2.75, 3.05) is 19.1 Å². The molecule has 5 nitrogen and oxygen atoms in total. The Hall–Kier alpha value is -0.700. The fraction of sp³-hybridized carbons (Fsp3) is 0.500. The molecule has 1 heterocycles. The molecule has 0 aromatic carbocycles. The summed E-state index contributed by atoms with van der Waals surface area (Å²) in [4.78, 5) is 4.28. The molecule has 0 aliphatic rings. The molecule has 0 saturated heterocycles. The maximum absolute atomic E-state index is 12.5. The zero-order valence-electron chi connectivity index (χ0n) is 11.7. The second-order valence-corrected chi connectivity index (χ2v) is 7.63. The topological polar surface area (TPSA) is 76.3 Å². The predicted molar refractivity (Wildman–Crippen MR) is 87.5 cm³/mol. The van der Waals surface area contributed by atoms with Crippen LogP contribution in [-0.2, 0) is 10.0 Å². The van der Waals surface area contributed by atoms with Crippen LogP contribution in [0.25, 0.3) is 0 Å². The highest BCUT2D eigenvalue weighted by molar-refractivity contribution is 7.98. The molecule has 1 unspecified atom stereocenters. The molecule has 0 radical (unpaired) electrons. The van der Waals surface area contributed by atoms with Gasteiger partial charge in [-0.15, -0.1) is 0 Å². The van der Waals surface area contributed by atoms with Crippen LogP contribution >= 0.6 is 24.0 Å². The van der Waals surface area contributed by atoms with E-state index < -0.39 is 10.0 Å². The number of hydrogen-bond donors (Lipinski definition) is 1. The Morgan fingerprint density at radius 1 is 1.55 bits per heavy atom. The number of thiocarbonyl (C=S) groups is 1. The van der Waals surface area contributed by atoms with E-state index in [1.165, 1.54) is 22.6 Å². The molecule has 0 amide bonds. The third kappa shape index (κ3) is 3.91. The molecule has 0 saturated carbocycles. The van der Waals surface area contributed by atoms with Gasteiger partial charge in [-0.3, -0.25) is 4.98 Å². The molecular weight excluding hydrogens is 314 g/mol. The normalized spacial score (nSPS) is 13.4. The van der Waals surface area contributed by atoms with Crippen LogP contribution in [0.4, 0.5) is 0 Å². The highest BCUT2D eigenvalue weighted by Gasteiger charge is 2.27. The maximum atomic E-state index is 12.5. The summed E-state index contributed by atoms with van der Waals surface area (Å²) in [6.07, 6.45) is 4.02. The predicted octanol–water partition coefficient (Wildman–Crippen LogP) is 1.48. The summed E-state index contributed by atoms with van der Waals surface area (Å²) in [5.41, 5.74) is 5.86. The van der Waals surface area contributed by atoms with Crippen LogP contribution in [0.5, 0.6) is 0 Å². The Bertz CT molecular complexity index is 558. The Balaban J connectivity index is 3.06. The first kappa shape index (κ1) is 17.4. The summed E-state index contributed by atoms with van der Waals surface area (Å²) >= 11 is 6.42. The van der Waals surface area contributed by atoms with Crippen molar-refractivity contribution in [2.24, 2.45) is 5.73 Å². The number of nitrogens with two attached hydrogens (primary N) is 1. The van der Waals surface area contributed by atoms with Crippen LogP contribution in [-0.4, -0.2) is 47.8 Å². The van der Waals surface area contributed by atoms with Crippen LogP contribution < -0.4 is 5.73 Å². The van der Waals surface area contributed by atoms with E-state index >= 15 is 0 Å². The SMILES string of the molecule is CCC(CSC)N(C)S(=O)(=O)c1ccc(C(N)=S)nc1. The standard InChI is InChI=1S/C12H19N3O2S3/c1-4-9(8-19-3)15(2)20(16,17)10-5-6-11(12(13)18)14-7-10/h5-7,9H,4,8H2,1-3H3,(H2,13,18). The van der Waals surface area contributed by atoms with Crippen molar-refractivity contribution in [3.05, 3.63) is 24.0 Å². The lowest BCUT2D eigenvalue weighted by Crippen LogP contribution is -2.38. The van der Waals surface area contributed by atoms with Crippen molar-refractivity contribution in [3.63, 3.8) is 0 Å². The van der Waals surface area contributed by atoms with Gasteiger partial charge in [0.1, 0.15) is 9.88 Å². The molecule has 2 N–H and O–H groups in total. The van der Waals surface area contributed by atoms with Crippen LogP contribution in [0.3, 0.4) is 0 Å². The van der Waals surface area contributed by atoms with Crippen LogP contribution in [0, 0.1) is 0 Å². The second kappa shape index (κ2) is 7.35. The van der Waals surface area contributed by atoms with E-state index in [0.29, 0.717) is 5.69 Å². The van der Waals surface area contributed by atoms with Crippen molar-refractivity contribution in [1.29, 1.82) is 0 Å². The fourth-order valence-electron chi connectivity index (χ4n) is 1.71. The minimum Gasteiger partial charge on any atom is -0.388 e. The smallest absolute Gasteiger partial charge is 0.244 e. The molecule has 1 rings (SSSR count). The number of nitrogens with zero attached hydrogens (tertiary/aromatic N) is 2. The van der Waals surface area contributed by atoms with Crippen molar-refractivity contribution in [2.45, 2.75) is 24.3 Å². The molecule has 0 aliphatic carbocycles. The summed E-state index contributed by atoms with van der Waals surface area (Å²) < 4.78 is 26.4. The van der Waals surface area contributed by atoms with Gasteiger partial charge in [0.2, 0.25) is 10.0 Å². The van der Waals surface area contributed by atoms with Gasteiger partial charge < -0.3 is 5.73 Å². The third-order valence-corrected chi connectivity index (χ3v) is 5.83. The summed E-state index contributed by atoms with van der Waals surface area (Å²) in [5.74, 6) is 0.755. The Morgan fingerprint density at radius 3 is 2.60 bits per heavy atom. The van der Waals surface area contributed by atoms with E-state index in [0.717, 1.165) is 12.2 Å². The first-order valence-corrected chi connectivity index (χ1v) is 9.31. The van der Waals surface area contributed by atoms with Gasteiger partial charge in [0.15, 0.2) is 0 Å². The highest BCUT2D eigenvalue weighted by atomic mass is 32.2. The molecule has 0 fully saturated rings. The van der Waals surface area contributed by atoms with Gasteiger partial charge in [0, 0.05) is 25.0 Å². The minimum atomic E-state index is -3.54. The van der Waals surface area contributed by atoms with Gasteiger partial charge in [-0.1, -0.05) is 19.1 Å². The lowest BCUT2D eigenvalue weighted by atomic mass is 10.3. The molecule has 1 aromatic rings. The number of thioether (sulfide) groups is 1. The number of sulfonamides is 1. The van der Waals surface area contributed by atoms with Gasteiger partial charge in [-0.2, -0.15) is 16.1 Å². The van der Waals surface area contributed by atoms with Crippen molar-refractivity contribution >= 4 is 39.0 Å². The van der Waals surface area contributed by atoms with E-state index in [4.69, 9.17) is 18.0 Å². The second-order valence-electron chi connectivity index (χ2n) is 4.28. The largest absolute Gasteiger partial charge is 0.388 e. The maximum Gasteiger partial charge on any atom is 0.244 e. The Kier molecular flexibility index (Phi) is 6.38. The number of hydrogen-bond acceptors (Lipinski definition) is 5. The van der Waals surface area contributed by atoms with Gasteiger partial charge in [-0.05, 0) is 24.8 Å². The first-order chi connectivity index (χ1) is 9.34. The van der Waals surface area contributed by atoms with Crippen molar-refractivity contribution in [1.82, 2.24) is 9.29 Å². The van der Waals surface area contributed by atoms with E-state index in [1.54, 1.807) is 18.8 Å². The molecule has 8 heteroatoms. The average Bonchev–Trinajstić information content (AvgIpc) is 2.44. The zero-order valence-corrected chi connectivity index (χ0v) is 14.2. The quantitative estimate of drug-likeness (QED) is 0.762. The molecule has 1 aromatic heterocycles. The highest BCUT2D eigenvalue weighted by Crippen LogP contribution is 2.19. The molecule has 0 aliphatic heterocycles. The molecule has 0 spiro atoms. The van der Waals surface area contributed by atoms with E-state index in [-0.39, 0.29) is 15.9 Å². The number of aromatic nitrogens is 1. The molecule has 0 bridgehead atoms. The minimum absolute atomic E-state index is 0.0368. The first-order valence-electron chi connectivity index (χ1n) is 6.07. The van der Waals surface area contributed by atoms with E-state index in [1.807, 2.05) is 13.2 Å². The van der Waals surface area contributed by atoms with Gasteiger partial charge in [-0.25, -0.2) is 8.42 Å². The Labute approximate surface area is 130 Å². The molecule has 1 atom stereocenters. The summed E-state index contributed by atoms with van der Waals surface area (Å²) in [5, 5.41) is 0. The van der Waals surface area contributed by atoms with Crippen LogP contribution in [0.2, 0.25) is 0 Å². The molecular formula is C12H19N3O2S3. The summed E-state index contributed by atoms with van der Waals surface area (Å²) in [6, 6.07) is 2.97. The molecule has 20 heavy (non-hydrogen) atoms. The monoisotopic (exact) mass is 333 g/mol. The Morgan fingerprint density at radius 2 is 2.20 bits per heavy atom. The van der Waals surface area contributed by atoms with Gasteiger partial charge in [0.05, 0.1) is 5.69 Å². The lowest BCUT2D eigenvalue weighted by Gasteiger charge is -2.25. The average molecular weight is 334 g/mol. The van der Waals surface area contributed by atoms with Crippen molar-refractivity contribution in [3.8, 4) is 0 Å². The fourth-order valence-corrected chi connectivity index (χ4v) is 4.15. The van der Waals surface area contributed by atoms with Crippen LogP contribution in [0.15, 0.2) is 23.2 Å². The van der Waals surface area contributed by atoms with Gasteiger partial charge >= 0.3 is 0 Å². The van der Waals surface area contributed by atoms with Crippen LogP contribution in [0.1, 0.15) is 19.0 Å². The lowest BCUT2D eigenvalue weighted by molar-refractivity contribution is 0.385. The van der Waals surface area contributed by atoms with Gasteiger partial charge in [0.25, 0.3) is 0 Å². The molecule has 112 valence electrons.